The van der Waals surface area contributed by atoms with Crippen molar-refractivity contribution < 1.29 is 0 Å². The molecule has 78 valence electrons. The van der Waals surface area contributed by atoms with Crippen LogP contribution in [0, 0.1) is 0 Å². The van der Waals surface area contributed by atoms with E-state index in [1.165, 1.54) is 32.4 Å². The minimum absolute atomic E-state index is 0.627. The zero-order valence-electron chi connectivity index (χ0n) is 8.52. The molecule has 4 nitrogen and oxygen atoms in total. The fourth-order valence-corrected chi connectivity index (χ4v) is 1.96. The van der Waals surface area contributed by atoms with E-state index in [0.29, 0.717) is 5.95 Å². The maximum atomic E-state index is 5.69. The van der Waals surface area contributed by atoms with Gasteiger partial charge in [-0.2, -0.15) is 0 Å². The van der Waals surface area contributed by atoms with E-state index < -0.39 is 0 Å². The predicted molar refractivity (Wildman–Crippen MR) is 56.9 cm³/mol. The first-order valence-electron chi connectivity index (χ1n) is 5.35. The van der Waals surface area contributed by atoms with Gasteiger partial charge in [-0.25, -0.2) is 4.98 Å². The number of piperidine rings is 1. The number of anilines is 1. The van der Waals surface area contributed by atoms with Gasteiger partial charge in [0.05, 0.1) is 0 Å². The lowest BCUT2D eigenvalue weighted by atomic mass is 10.1. The zero-order valence-corrected chi connectivity index (χ0v) is 8.52. The Morgan fingerprint density at radius 3 is 2.64 bits per heavy atom. The molecule has 0 spiro atoms. The van der Waals surface area contributed by atoms with Crippen molar-refractivity contribution in [3.8, 4) is 0 Å². The van der Waals surface area contributed by atoms with Crippen molar-refractivity contribution in [3.63, 3.8) is 0 Å². The van der Waals surface area contributed by atoms with Crippen LogP contribution in [-0.4, -0.2) is 34.1 Å². The largest absolute Gasteiger partial charge is 0.369 e. The highest BCUT2D eigenvalue weighted by Crippen LogP contribution is 2.08. The van der Waals surface area contributed by atoms with Crippen LogP contribution in [0.2, 0.25) is 0 Å². The van der Waals surface area contributed by atoms with Gasteiger partial charge in [0.1, 0.15) is 0 Å². The third-order valence-electron chi connectivity index (χ3n) is 2.85. The summed E-state index contributed by atoms with van der Waals surface area (Å²) in [5, 5.41) is 0. The molecule has 14 heavy (non-hydrogen) atoms. The molecule has 0 amide bonds. The van der Waals surface area contributed by atoms with Gasteiger partial charge < -0.3 is 15.2 Å². The number of likely N-dealkylation sites (tertiary alicyclic amines) is 1. The van der Waals surface area contributed by atoms with Crippen LogP contribution < -0.4 is 5.73 Å². The highest BCUT2D eigenvalue weighted by molar-refractivity contribution is 5.16. The van der Waals surface area contributed by atoms with Crippen LogP contribution in [0.1, 0.15) is 19.3 Å². The lowest BCUT2D eigenvalue weighted by Gasteiger charge is -2.26. The van der Waals surface area contributed by atoms with Gasteiger partial charge in [0.2, 0.25) is 0 Å². The molecular weight excluding hydrogens is 176 g/mol. The molecule has 0 aliphatic carbocycles. The van der Waals surface area contributed by atoms with Crippen LogP contribution >= 0.6 is 0 Å². The summed E-state index contributed by atoms with van der Waals surface area (Å²) < 4.78 is 2.01. The minimum Gasteiger partial charge on any atom is -0.369 e. The molecule has 1 aliphatic rings. The van der Waals surface area contributed by atoms with Crippen molar-refractivity contribution in [2.24, 2.45) is 0 Å². The molecule has 0 atom stereocenters. The smallest absolute Gasteiger partial charge is 0.200 e. The molecule has 2 rings (SSSR count). The van der Waals surface area contributed by atoms with Gasteiger partial charge in [-0.15, -0.1) is 0 Å². The van der Waals surface area contributed by atoms with Crippen molar-refractivity contribution >= 4 is 5.95 Å². The summed E-state index contributed by atoms with van der Waals surface area (Å²) >= 11 is 0. The number of imidazole rings is 1. The van der Waals surface area contributed by atoms with Crippen molar-refractivity contribution in [2.45, 2.75) is 25.8 Å². The maximum absolute atomic E-state index is 5.69. The Morgan fingerprint density at radius 2 is 2.00 bits per heavy atom. The normalized spacial score (nSPS) is 18.6. The van der Waals surface area contributed by atoms with Gasteiger partial charge in [-0.3, -0.25) is 0 Å². The van der Waals surface area contributed by atoms with Crippen LogP contribution in [0.5, 0.6) is 0 Å². The zero-order chi connectivity index (χ0) is 9.80. The van der Waals surface area contributed by atoms with E-state index >= 15 is 0 Å². The molecule has 1 saturated heterocycles. The Bertz CT molecular complexity index is 275. The van der Waals surface area contributed by atoms with Gasteiger partial charge in [0, 0.05) is 25.5 Å². The van der Waals surface area contributed by atoms with Crippen LogP contribution in [0.25, 0.3) is 0 Å². The number of hydrogen-bond donors (Lipinski definition) is 1. The number of nitrogens with two attached hydrogens (primary N) is 1. The van der Waals surface area contributed by atoms with Crippen LogP contribution in [-0.2, 0) is 6.54 Å². The molecule has 0 saturated carbocycles. The van der Waals surface area contributed by atoms with Crippen LogP contribution in [0.4, 0.5) is 5.95 Å². The Kier molecular flexibility index (Phi) is 3.03. The first-order valence-corrected chi connectivity index (χ1v) is 5.35. The van der Waals surface area contributed by atoms with E-state index in [2.05, 4.69) is 9.88 Å². The lowest BCUT2D eigenvalue weighted by Crippen LogP contribution is -2.32. The lowest BCUT2D eigenvalue weighted by molar-refractivity contribution is 0.221. The van der Waals surface area contributed by atoms with Gasteiger partial charge in [0.15, 0.2) is 5.95 Å². The van der Waals surface area contributed by atoms with Crippen LogP contribution in [0.3, 0.4) is 0 Å². The van der Waals surface area contributed by atoms with Crippen LogP contribution in [0.15, 0.2) is 12.4 Å². The third kappa shape index (κ3) is 2.26. The molecule has 1 aromatic heterocycles. The SMILES string of the molecule is Nc1nccn1CCN1CCCCC1. The average molecular weight is 194 g/mol. The van der Waals surface area contributed by atoms with Crippen molar-refractivity contribution in [3.05, 3.63) is 12.4 Å². The highest BCUT2D eigenvalue weighted by Gasteiger charge is 2.09. The second-order valence-corrected chi connectivity index (χ2v) is 3.88. The Balaban J connectivity index is 1.79. The van der Waals surface area contributed by atoms with E-state index in [1.807, 2.05) is 10.8 Å². The number of nitrogen functional groups attached to an aromatic ring is 1. The van der Waals surface area contributed by atoms with Gasteiger partial charge in [-0.05, 0) is 25.9 Å². The summed E-state index contributed by atoms with van der Waals surface area (Å²) in [5.41, 5.74) is 5.69. The second kappa shape index (κ2) is 4.46. The monoisotopic (exact) mass is 194 g/mol. The first kappa shape index (κ1) is 9.52. The third-order valence-corrected chi connectivity index (χ3v) is 2.85. The molecule has 1 aromatic rings. The number of aromatic nitrogens is 2. The summed E-state index contributed by atoms with van der Waals surface area (Å²) in [6.07, 6.45) is 7.79. The summed E-state index contributed by atoms with van der Waals surface area (Å²) in [6, 6.07) is 0. The van der Waals surface area contributed by atoms with Crippen molar-refractivity contribution in [1.29, 1.82) is 0 Å². The van der Waals surface area contributed by atoms with Gasteiger partial charge in [-0.1, -0.05) is 6.42 Å². The molecule has 1 fully saturated rings. The van der Waals surface area contributed by atoms with Gasteiger partial charge >= 0.3 is 0 Å². The average Bonchev–Trinajstić information content (AvgIpc) is 2.63. The summed E-state index contributed by atoms with van der Waals surface area (Å²) in [4.78, 5) is 6.51. The molecule has 2 heterocycles. The van der Waals surface area contributed by atoms with E-state index in [-0.39, 0.29) is 0 Å². The second-order valence-electron chi connectivity index (χ2n) is 3.88. The first-order chi connectivity index (χ1) is 6.86. The predicted octanol–water partition coefficient (Wildman–Crippen LogP) is 0.951. The number of nitrogens with zero attached hydrogens (tertiary/aromatic N) is 3. The summed E-state index contributed by atoms with van der Waals surface area (Å²) in [6.45, 7) is 4.55. The minimum atomic E-state index is 0.627. The molecule has 0 aromatic carbocycles. The fourth-order valence-electron chi connectivity index (χ4n) is 1.96. The molecule has 2 N–H and O–H groups in total. The Labute approximate surface area is 84.7 Å². The molecule has 0 unspecified atom stereocenters. The Morgan fingerprint density at radius 1 is 1.21 bits per heavy atom. The topological polar surface area (TPSA) is 47.1 Å². The van der Waals surface area contributed by atoms with E-state index in [4.69, 9.17) is 5.73 Å². The van der Waals surface area contributed by atoms with Gasteiger partial charge in [0.25, 0.3) is 0 Å². The van der Waals surface area contributed by atoms with E-state index in [0.717, 1.165) is 13.1 Å². The fraction of sp³-hybridized carbons (Fsp3) is 0.700. The Hall–Kier alpha value is -1.03. The molecule has 4 heteroatoms. The van der Waals surface area contributed by atoms with Crippen molar-refractivity contribution in [2.75, 3.05) is 25.4 Å². The highest BCUT2D eigenvalue weighted by atomic mass is 15.2. The van der Waals surface area contributed by atoms with Crippen molar-refractivity contribution in [1.82, 2.24) is 14.5 Å². The van der Waals surface area contributed by atoms with E-state index in [1.54, 1.807) is 6.20 Å². The maximum Gasteiger partial charge on any atom is 0.200 e. The number of hydrogen-bond acceptors (Lipinski definition) is 3. The molecule has 0 bridgehead atoms. The molecular formula is C10H18N4. The van der Waals surface area contributed by atoms with E-state index in [9.17, 15) is 0 Å². The molecule has 0 radical (unpaired) electrons. The number of rotatable bonds is 3. The summed E-state index contributed by atoms with van der Waals surface area (Å²) in [7, 11) is 0. The quantitative estimate of drug-likeness (QED) is 0.779. The molecule has 1 aliphatic heterocycles. The standard InChI is InChI=1S/C10H18N4/c11-10-12-4-7-14(10)9-8-13-5-2-1-3-6-13/h4,7H,1-3,5-6,8-9H2,(H2,11,12). The summed E-state index contributed by atoms with van der Waals surface area (Å²) in [5.74, 6) is 0.627.